The molecule has 23 heavy (non-hydrogen) atoms. The molecule has 0 fully saturated rings. The number of rotatable bonds is 3. The van der Waals surface area contributed by atoms with Crippen LogP contribution < -0.4 is 4.74 Å². The number of esters is 1. The molecule has 0 spiro atoms. The third-order valence-corrected chi connectivity index (χ3v) is 3.20. The summed E-state index contributed by atoms with van der Waals surface area (Å²) in [5, 5.41) is -0.194. The van der Waals surface area contributed by atoms with E-state index in [0.29, 0.717) is 0 Å². The second kappa shape index (κ2) is 6.41. The van der Waals surface area contributed by atoms with E-state index in [2.05, 4.69) is 14.7 Å². The highest BCUT2D eigenvalue weighted by Gasteiger charge is 2.31. The number of hydrogen-bond donors (Lipinski definition) is 0. The number of carbonyl (C=O) groups excluding carboxylic acids is 1. The summed E-state index contributed by atoms with van der Waals surface area (Å²) in [5.41, 5.74) is -0.906. The van der Waals surface area contributed by atoms with E-state index in [9.17, 15) is 18.0 Å². The van der Waals surface area contributed by atoms with Gasteiger partial charge in [-0.1, -0.05) is 11.6 Å². The zero-order valence-electron chi connectivity index (χ0n) is 11.9. The first-order valence-corrected chi connectivity index (χ1v) is 6.52. The molecule has 0 atom stereocenters. The van der Waals surface area contributed by atoms with Crippen LogP contribution in [0.15, 0.2) is 24.4 Å². The van der Waals surface area contributed by atoms with Gasteiger partial charge in [0.05, 0.1) is 31.0 Å². The van der Waals surface area contributed by atoms with Crippen molar-refractivity contribution in [1.29, 1.82) is 0 Å². The van der Waals surface area contributed by atoms with Gasteiger partial charge in [0.15, 0.2) is 17.3 Å². The molecule has 5 nitrogen and oxygen atoms in total. The fourth-order valence-electron chi connectivity index (χ4n) is 1.77. The number of hydrogen-bond acceptors (Lipinski definition) is 5. The molecule has 2 aromatic rings. The molecule has 0 aliphatic heterocycles. The quantitative estimate of drug-likeness (QED) is 0.794. The van der Waals surface area contributed by atoms with Crippen molar-refractivity contribution in [3.8, 4) is 17.1 Å². The molecule has 0 saturated carbocycles. The van der Waals surface area contributed by atoms with E-state index < -0.39 is 17.7 Å². The Labute approximate surface area is 134 Å². The third-order valence-electron chi connectivity index (χ3n) is 2.89. The van der Waals surface area contributed by atoms with Crippen molar-refractivity contribution in [1.82, 2.24) is 9.97 Å². The van der Waals surface area contributed by atoms with Gasteiger partial charge in [0.1, 0.15) is 0 Å². The van der Waals surface area contributed by atoms with E-state index in [-0.39, 0.29) is 27.9 Å². The Morgan fingerprint density at radius 2 is 1.96 bits per heavy atom. The molecule has 1 heterocycles. The van der Waals surface area contributed by atoms with Gasteiger partial charge in [-0.25, -0.2) is 14.8 Å². The maximum absolute atomic E-state index is 12.6. The van der Waals surface area contributed by atoms with Crippen LogP contribution in [0.1, 0.15) is 16.1 Å². The molecule has 0 radical (unpaired) electrons. The summed E-state index contributed by atoms with van der Waals surface area (Å²) < 4.78 is 47.5. The number of methoxy groups -OCH3 is 2. The molecule has 0 N–H and O–H groups in total. The van der Waals surface area contributed by atoms with Crippen LogP contribution in [0, 0.1) is 0 Å². The Morgan fingerprint density at radius 3 is 2.48 bits per heavy atom. The molecular formula is C14H10ClF3N2O3. The van der Waals surface area contributed by atoms with E-state index in [4.69, 9.17) is 16.3 Å². The van der Waals surface area contributed by atoms with Gasteiger partial charge in [-0.15, -0.1) is 0 Å². The monoisotopic (exact) mass is 346 g/mol. The van der Waals surface area contributed by atoms with Gasteiger partial charge >= 0.3 is 12.1 Å². The average Bonchev–Trinajstić information content (AvgIpc) is 2.52. The number of carbonyl (C=O) groups is 1. The molecule has 9 heteroatoms. The van der Waals surface area contributed by atoms with Crippen molar-refractivity contribution in [2.45, 2.75) is 6.18 Å². The standard InChI is InChI=1S/C14H10ClF3N2O3/c1-22-10-6-19-12(20-11(10)13(21)23-2)8-4-3-7(5-9(8)15)14(16,17)18/h3-6H,1-2H3. The minimum atomic E-state index is -4.51. The SMILES string of the molecule is COC(=O)c1nc(-c2ccc(C(F)(F)F)cc2Cl)ncc1OC. The van der Waals surface area contributed by atoms with Crippen LogP contribution >= 0.6 is 11.6 Å². The largest absolute Gasteiger partial charge is 0.493 e. The highest BCUT2D eigenvalue weighted by Crippen LogP contribution is 2.35. The van der Waals surface area contributed by atoms with Gasteiger partial charge in [-0.05, 0) is 18.2 Å². The summed E-state index contributed by atoms with van der Waals surface area (Å²) in [6.45, 7) is 0. The van der Waals surface area contributed by atoms with Gasteiger partial charge in [-0.2, -0.15) is 13.2 Å². The highest BCUT2D eigenvalue weighted by molar-refractivity contribution is 6.33. The van der Waals surface area contributed by atoms with Crippen molar-refractivity contribution in [2.75, 3.05) is 14.2 Å². The lowest BCUT2D eigenvalue weighted by molar-refractivity contribution is -0.137. The number of alkyl halides is 3. The molecule has 0 aliphatic carbocycles. The van der Waals surface area contributed by atoms with E-state index in [0.717, 1.165) is 25.3 Å². The predicted octanol–water partition coefficient (Wildman–Crippen LogP) is 3.61. The molecule has 1 aromatic carbocycles. The summed E-state index contributed by atoms with van der Waals surface area (Å²) in [4.78, 5) is 19.6. The summed E-state index contributed by atoms with van der Waals surface area (Å²) >= 11 is 5.88. The minimum Gasteiger partial charge on any atom is -0.493 e. The summed E-state index contributed by atoms with van der Waals surface area (Å²) in [5.74, 6) is -0.720. The Morgan fingerprint density at radius 1 is 1.26 bits per heavy atom. The number of ether oxygens (including phenoxy) is 2. The van der Waals surface area contributed by atoms with Crippen molar-refractivity contribution >= 4 is 17.6 Å². The molecule has 122 valence electrons. The lowest BCUT2D eigenvalue weighted by Crippen LogP contribution is -2.09. The Hall–Kier alpha value is -2.35. The predicted molar refractivity (Wildman–Crippen MR) is 75.4 cm³/mol. The zero-order chi connectivity index (χ0) is 17.2. The first kappa shape index (κ1) is 17.0. The second-order valence-corrected chi connectivity index (χ2v) is 4.70. The molecule has 1 aromatic heterocycles. The van der Waals surface area contributed by atoms with E-state index in [1.807, 2.05) is 0 Å². The zero-order valence-corrected chi connectivity index (χ0v) is 12.7. The molecular weight excluding hydrogens is 337 g/mol. The van der Waals surface area contributed by atoms with E-state index in [1.165, 1.54) is 13.3 Å². The topological polar surface area (TPSA) is 61.3 Å². The van der Waals surface area contributed by atoms with Gasteiger partial charge in [-0.3, -0.25) is 0 Å². The van der Waals surface area contributed by atoms with Crippen LogP contribution in [-0.2, 0) is 10.9 Å². The van der Waals surface area contributed by atoms with Gasteiger partial charge < -0.3 is 9.47 Å². The van der Waals surface area contributed by atoms with Crippen molar-refractivity contribution in [2.24, 2.45) is 0 Å². The van der Waals surface area contributed by atoms with Crippen LogP contribution in [-0.4, -0.2) is 30.2 Å². The van der Waals surface area contributed by atoms with Crippen LogP contribution in [0.25, 0.3) is 11.4 Å². The Bertz CT molecular complexity index is 751. The molecule has 0 saturated heterocycles. The number of halogens is 4. The normalized spacial score (nSPS) is 11.2. The first-order valence-electron chi connectivity index (χ1n) is 6.14. The number of aromatic nitrogens is 2. The molecule has 2 rings (SSSR count). The molecule has 0 amide bonds. The molecule has 0 aliphatic rings. The minimum absolute atomic E-state index is 0.0232. The summed E-state index contributed by atoms with van der Waals surface area (Å²) in [7, 11) is 2.48. The van der Waals surface area contributed by atoms with Crippen LogP contribution in [0.4, 0.5) is 13.2 Å². The van der Waals surface area contributed by atoms with Gasteiger partial charge in [0.25, 0.3) is 0 Å². The number of benzene rings is 1. The van der Waals surface area contributed by atoms with Gasteiger partial charge in [0.2, 0.25) is 0 Å². The Balaban J connectivity index is 2.53. The van der Waals surface area contributed by atoms with Crippen molar-refractivity contribution < 1.29 is 27.4 Å². The fourth-order valence-corrected chi connectivity index (χ4v) is 2.03. The van der Waals surface area contributed by atoms with Crippen LogP contribution in [0.3, 0.4) is 0 Å². The Kier molecular flexibility index (Phi) is 4.74. The lowest BCUT2D eigenvalue weighted by atomic mass is 10.1. The maximum Gasteiger partial charge on any atom is 0.416 e. The highest BCUT2D eigenvalue weighted by atomic mass is 35.5. The smallest absolute Gasteiger partial charge is 0.416 e. The number of nitrogens with zero attached hydrogens (tertiary/aromatic N) is 2. The van der Waals surface area contributed by atoms with E-state index in [1.54, 1.807) is 0 Å². The fraction of sp³-hybridized carbons (Fsp3) is 0.214. The molecule has 0 unspecified atom stereocenters. The van der Waals surface area contributed by atoms with Crippen LogP contribution in [0.5, 0.6) is 5.75 Å². The van der Waals surface area contributed by atoms with Crippen molar-refractivity contribution in [3.63, 3.8) is 0 Å². The van der Waals surface area contributed by atoms with Gasteiger partial charge in [0, 0.05) is 5.56 Å². The second-order valence-electron chi connectivity index (χ2n) is 4.29. The van der Waals surface area contributed by atoms with E-state index >= 15 is 0 Å². The lowest BCUT2D eigenvalue weighted by Gasteiger charge is -2.11. The average molecular weight is 347 g/mol. The third kappa shape index (κ3) is 3.53. The van der Waals surface area contributed by atoms with Crippen molar-refractivity contribution in [3.05, 3.63) is 40.7 Å². The first-order chi connectivity index (χ1) is 10.8. The molecule has 0 bridgehead atoms. The maximum atomic E-state index is 12.6. The van der Waals surface area contributed by atoms with Crippen LogP contribution in [0.2, 0.25) is 5.02 Å². The summed E-state index contributed by atoms with van der Waals surface area (Å²) in [6.07, 6.45) is -3.30. The summed E-state index contributed by atoms with van der Waals surface area (Å²) in [6, 6.07) is 2.75.